The highest BCUT2D eigenvalue weighted by molar-refractivity contribution is 7.99. The third-order valence-corrected chi connectivity index (χ3v) is 9.91. The number of rotatable bonds is 17. The molecule has 264 valence electrons. The quantitative estimate of drug-likeness (QED) is 0.0384. The number of carbonyl (C=O) groups is 2. The van der Waals surface area contributed by atoms with E-state index in [9.17, 15) is 14.7 Å². The van der Waals surface area contributed by atoms with Crippen molar-refractivity contribution in [3.05, 3.63) is 119 Å². The van der Waals surface area contributed by atoms with Crippen molar-refractivity contribution in [1.82, 2.24) is 10.8 Å². The Bertz CT molecular complexity index is 1670. The maximum Gasteiger partial charge on any atom is 0.243 e. The van der Waals surface area contributed by atoms with Crippen LogP contribution >= 0.6 is 11.8 Å². The minimum atomic E-state index is -0.551. The average Bonchev–Trinajstić information content (AvgIpc) is 3.17. The molecule has 4 N–H and O–H groups in total. The molecule has 3 atom stereocenters. The largest absolute Gasteiger partial charge is 0.496 e. The van der Waals surface area contributed by atoms with E-state index in [1.165, 1.54) is 0 Å². The van der Waals surface area contributed by atoms with Crippen LogP contribution in [0.2, 0.25) is 0 Å². The van der Waals surface area contributed by atoms with E-state index >= 15 is 0 Å². The van der Waals surface area contributed by atoms with Crippen LogP contribution in [0.4, 0.5) is 0 Å². The van der Waals surface area contributed by atoms with Gasteiger partial charge in [0.25, 0.3) is 0 Å². The van der Waals surface area contributed by atoms with Crippen LogP contribution < -0.4 is 15.5 Å². The molecule has 4 aromatic rings. The first-order valence-electron chi connectivity index (χ1n) is 17.1. The van der Waals surface area contributed by atoms with Gasteiger partial charge < -0.3 is 24.6 Å². The van der Waals surface area contributed by atoms with Crippen molar-refractivity contribution in [2.24, 2.45) is 0 Å². The normalized spacial score (nSPS) is 17.2. The summed E-state index contributed by atoms with van der Waals surface area (Å²) in [5.41, 5.74) is 7.58. The Morgan fingerprint density at radius 1 is 0.800 bits per heavy atom. The number of benzene rings is 4. The molecule has 0 saturated carbocycles. The van der Waals surface area contributed by atoms with E-state index in [0.29, 0.717) is 25.8 Å². The van der Waals surface area contributed by atoms with E-state index in [1.54, 1.807) is 24.4 Å². The van der Waals surface area contributed by atoms with Gasteiger partial charge in [-0.25, -0.2) is 5.48 Å². The summed E-state index contributed by atoms with van der Waals surface area (Å²) in [7, 11) is 1.68. The van der Waals surface area contributed by atoms with Crippen LogP contribution in [0.5, 0.6) is 5.75 Å². The second-order valence-electron chi connectivity index (χ2n) is 12.4. The molecule has 50 heavy (non-hydrogen) atoms. The number of hydroxylamine groups is 1. The van der Waals surface area contributed by atoms with Crippen LogP contribution in [0.3, 0.4) is 0 Å². The molecule has 0 unspecified atom stereocenters. The van der Waals surface area contributed by atoms with Crippen molar-refractivity contribution < 1.29 is 34.1 Å². The Morgan fingerprint density at radius 2 is 1.52 bits per heavy atom. The summed E-state index contributed by atoms with van der Waals surface area (Å²) in [6.45, 7) is 0.442. The third kappa shape index (κ3) is 10.9. The zero-order valence-electron chi connectivity index (χ0n) is 28.4. The molecule has 2 amide bonds. The fraction of sp³-hybridized carbons (Fsp3) is 0.350. The van der Waals surface area contributed by atoms with Gasteiger partial charge in [0.1, 0.15) is 5.75 Å². The van der Waals surface area contributed by atoms with E-state index in [0.717, 1.165) is 69.0 Å². The number of aliphatic hydroxyl groups excluding tert-OH is 1. The van der Waals surface area contributed by atoms with Gasteiger partial charge in [0, 0.05) is 42.0 Å². The topological polar surface area (TPSA) is 126 Å². The van der Waals surface area contributed by atoms with Crippen LogP contribution in [-0.2, 0) is 32.2 Å². The first kappa shape index (κ1) is 37.1. The standard InChI is InChI=1S/C40H46N2O7S/c1-47-35-11-6-7-12-37(35)50-27-34-24-36(31-17-15-28(26-43)16-18-31)49-40(48-34)32-21-19-30(20-22-32)33-10-8-9-29(23-33)25-41-38(44)13-4-2-3-5-14-39(45)42-46/h6-12,15-23,34,36,40,43,46H,2-5,13-14,24-27H2,1H3,(H,41,44)(H,42,45)/t34-,36+,40+/m1/s1. The number of methoxy groups -OCH3 is 1. The lowest BCUT2D eigenvalue weighted by Gasteiger charge is -2.36. The zero-order valence-corrected chi connectivity index (χ0v) is 29.2. The van der Waals surface area contributed by atoms with E-state index in [-0.39, 0.29) is 37.0 Å². The minimum Gasteiger partial charge on any atom is -0.496 e. The van der Waals surface area contributed by atoms with Gasteiger partial charge in [-0.1, -0.05) is 91.7 Å². The van der Waals surface area contributed by atoms with E-state index in [1.807, 2.05) is 66.7 Å². The molecule has 0 spiro atoms. The van der Waals surface area contributed by atoms with Crippen LogP contribution in [0.15, 0.2) is 102 Å². The Labute approximate surface area is 298 Å². The number of ether oxygens (including phenoxy) is 3. The maximum atomic E-state index is 12.4. The molecule has 1 saturated heterocycles. The highest BCUT2D eigenvalue weighted by Gasteiger charge is 2.32. The highest BCUT2D eigenvalue weighted by Crippen LogP contribution is 2.40. The lowest BCUT2D eigenvalue weighted by Crippen LogP contribution is -2.31. The predicted molar refractivity (Wildman–Crippen MR) is 193 cm³/mol. The van der Waals surface area contributed by atoms with Crippen molar-refractivity contribution in [2.75, 3.05) is 12.9 Å². The number of nitrogens with one attached hydrogen (secondary N) is 2. The highest BCUT2D eigenvalue weighted by atomic mass is 32.2. The molecule has 5 rings (SSSR count). The maximum absolute atomic E-state index is 12.4. The zero-order chi connectivity index (χ0) is 35.1. The van der Waals surface area contributed by atoms with Crippen LogP contribution in [-0.4, -0.2) is 41.1 Å². The van der Waals surface area contributed by atoms with Crippen molar-refractivity contribution in [1.29, 1.82) is 0 Å². The van der Waals surface area contributed by atoms with Gasteiger partial charge in [-0.05, 0) is 58.9 Å². The smallest absolute Gasteiger partial charge is 0.243 e. The molecule has 1 aliphatic rings. The summed E-state index contributed by atoms with van der Waals surface area (Å²) in [6, 6.07) is 32.3. The van der Waals surface area contributed by atoms with E-state index in [4.69, 9.17) is 19.4 Å². The summed E-state index contributed by atoms with van der Waals surface area (Å²) < 4.78 is 18.7. The van der Waals surface area contributed by atoms with Crippen LogP contribution in [0.1, 0.15) is 79.6 Å². The number of thioether (sulfide) groups is 1. The second-order valence-corrected chi connectivity index (χ2v) is 13.4. The number of hydrogen-bond donors (Lipinski definition) is 4. The molecule has 9 nitrogen and oxygen atoms in total. The van der Waals surface area contributed by atoms with Crippen molar-refractivity contribution >= 4 is 23.6 Å². The van der Waals surface area contributed by atoms with E-state index < -0.39 is 6.29 Å². The van der Waals surface area contributed by atoms with E-state index in [2.05, 4.69) is 35.6 Å². The van der Waals surface area contributed by atoms with Crippen LogP contribution in [0.25, 0.3) is 11.1 Å². The number of para-hydroxylation sites is 1. The summed E-state index contributed by atoms with van der Waals surface area (Å²) in [6.07, 6.45) is 3.77. The number of amides is 2. The Morgan fingerprint density at radius 3 is 2.24 bits per heavy atom. The SMILES string of the molecule is COc1ccccc1SC[C@H]1C[C@@H](c2ccc(CO)cc2)O[C@@H](c2ccc(-c3cccc(CNC(=O)CCCCCCC(=O)NO)c3)cc2)O1. The van der Waals surface area contributed by atoms with Gasteiger partial charge >= 0.3 is 0 Å². The molecule has 0 aromatic heterocycles. The summed E-state index contributed by atoms with van der Waals surface area (Å²) in [5, 5.41) is 21.1. The van der Waals surface area contributed by atoms with Gasteiger partial charge in [-0.3, -0.25) is 14.8 Å². The number of aliphatic hydroxyl groups is 1. The lowest BCUT2D eigenvalue weighted by molar-refractivity contribution is -0.245. The third-order valence-electron chi connectivity index (χ3n) is 8.72. The molecule has 1 aliphatic heterocycles. The van der Waals surface area contributed by atoms with Gasteiger partial charge in [0.05, 0.1) is 25.9 Å². The van der Waals surface area contributed by atoms with Gasteiger partial charge in [0.2, 0.25) is 11.8 Å². The molecule has 1 heterocycles. The first-order chi connectivity index (χ1) is 24.4. The Balaban J connectivity index is 1.19. The average molecular weight is 699 g/mol. The summed E-state index contributed by atoms with van der Waals surface area (Å²) >= 11 is 1.71. The van der Waals surface area contributed by atoms with Crippen molar-refractivity contribution in [2.45, 2.75) is 81.5 Å². The first-order valence-corrected chi connectivity index (χ1v) is 18.1. The number of carbonyl (C=O) groups excluding carboxylic acids is 2. The van der Waals surface area contributed by atoms with Crippen LogP contribution in [0, 0.1) is 0 Å². The predicted octanol–water partition coefficient (Wildman–Crippen LogP) is 7.65. The molecule has 1 fully saturated rings. The monoisotopic (exact) mass is 698 g/mol. The minimum absolute atomic E-state index is 0.00240. The van der Waals surface area contributed by atoms with Gasteiger partial charge in [-0.15, -0.1) is 11.8 Å². The van der Waals surface area contributed by atoms with Crippen molar-refractivity contribution in [3.63, 3.8) is 0 Å². The summed E-state index contributed by atoms with van der Waals surface area (Å²) in [5.74, 6) is 1.20. The number of hydrogen-bond acceptors (Lipinski definition) is 8. The molecule has 10 heteroatoms. The van der Waals surface area contributed by atoms with Gasteiger partial charge in [0.15, 0.2) is 6.29 Å². The molecule has 0 bridgehead atoms. The fourth-order valence-corrected chi connectivity index (χ4v) is 6.96. The fourth-order valence-electron chi connectivity index (χ4n) is 5.91. The molecule has 0 aliphatic carbocycles. The second kappa shape index (κ2) is 19.3. The van der Waals surface area contributed by atoms with Crippen molar-refractivity contribution in [3.8, 4) is 16.9 Å². The molecule has 4 aromatic carbocycles. The Hall–Kier alpha value is -4.19. The van der Waals surface area contributed by atoms with Gasteiger partial charge in [-0.2, -0.15) is 0 Å². The molecular weight excluding hydrogens is 653 g/mol. The molecule has 0 radical (unpaired) electrons. The molecular formula is C40H46N2O7S. The lowest BCUT2D eigenvalue weighted by atomic mass is 9.99. The Kier molecular flexibility index (Phi) is 14.3. The summed E-state index contributed by atoms with van der Waals surface area (Å²) in [4.78, 5) is 24.5. The number of unbranched alkanes of at least 4 members (excludes halogenated alkanes) is 3.